The molecule has 0 aromatic heterocycles. The van der Waals surface area contributed by atoms with E-state index in [1.54, 1.807) is 6.92 Å². The van der Waals surface area contributed by atoms with Crippen LogP contribution >= 0.6 is 0 Å². The number of rotatable bonds is 13. The molecular formula is C17H38O5Si3. The van der Waals surface area contributed by atoms with Gasteiger partial charge in [0.05, 0.1) is 6.61 Å². The fraction of sp³-hybridized carbons (Fsp3) is 0.824. The standard InChI is InChI=1S/C17H38O5Si3/c1-16(2)17(18)20-14-10-12-19-13-11-15-25(9,21-23(3,4)5)22-24(6,7)8/h1,10-15H2,2-9H3. The van der Waals surface area contributed by atoms with Crippen LogP contribution in [0.5, 0.6) is 0 Å². The van der Waals surface area contributed by atoms with Gasteiger partial charge in [-0.05, 0) is 65.2 Å². The van der Waals surface area contributed by atoms with Crippen LogP contribution in [-0.4, -0.2) is 51.0 Å². The second-order valence-electron chi connectivity index (χ2n) is 8.55. The van der Waals surface area contributed by atoms with E-state index in [-0.39, 0.29) is 5.97 Å². The monoisotopic (exact) mass is 406 g/mol. The first-order valence-corrected chi connectivity index (χ1v) is 18.4. The molecular weight excluding hydrogens is 368 g/mol. The molecule has 0 atom stereocenters. The predicted octanol–water partition coefficient (Wildman–Crippen LogP) is 4.68. The van der Waals surface area contributed by atoms with E-state index in [2.05, 4.69) is 52.4 Å². The molecule has 0 radical (unpaired) electrons. The highest BCUT2D eigenvalue weighted by atomic mass is 28.5. The van der Waals surface area contributed by atoms with Crippen molar-refractivity contribution in [3.8, 4) is 0 Å². The van der Waals surface area contributed by atoms with Crippen molar-refractivity contribution in [2.75, 3.05) is 19.8 Å². The molecule has 0 N–H and O–H groups in total. The lowest BCUT2D eigenvalue weighted by Gasteiger charge is -2.38. The molecule has 0 aliphatic heterocycles. The van der Waals surface area contributed by atoms with Gasteiger partial charge in [-0.25, -0.2) is 4.79 Å². The first kappa shape index (κ1) is 24.7. The Balaban J connectivity index is 4.10. The van der Waals surface area contributed by atoms with Crippen LogP contribution in [0, 0.1) is 0 Å². The Kier molecular flexibility index (Phi) is 10.7. The normalized spacial score (nSPS) is 13.0. The van der Waals surface area contributed by atoms with Gasteiger partial charge in [0.25, 0.3) is 0 Å². The highest BCUT2D eigenvalue weighted by Crippen LogP contribution is 2.25. The van der Waals surface area contributed by atoms with Gasteiger partial charge in [-0.15, -0.1) is 0 Å². The number of carbonyl (C=O) groups excluding carboxylic acids is 1. The third-order valence-electron chi connectivity index (χ3n) is 2.98. The first-order valence-electron chi connectivity index (χ1n) is 9.05. The van der Waals surface area contributed by atoms with Crippen LogP contribution in [0.25, 0.3) is 0 Å². The van der Waals surface area contributed by atoms with Crippen LogP contribution in [-0.2, 0) is 22.5 Å². The van der Waals surface area contributed by atoms with Gasteiger partial charge in [0.2, 0.25) is 0 Å². The Hall–Kier alpha value is -0.259. The lowest BCUT2D eigenvalue weighted by atomic mass is 10.4. The Morgan fingerprint density at radius 2 is 1.32 bits per heavy atom. The molecule has 0 aromatic rings. The zero-order chi connectivity index (χ0) is 19.7. The van der Waals surface area contributed by atoms with Crippen molar-refractivity contribution in [1.29, 1.82) is 0 Å². The highest BCUT2D eigenvalue weighted by Gasteiger charge is 2.39. The number of carbonyl (C=O) groups is 1. The zero-order valence-electron chi connectivity index (χ0n) is 17.5. The summed E-state index contributed by atoms with van der Waals surface area (Å²) in [6, 6.07) is 0.951. The third-order valence-corrected chi connectivity index (χ3v) is 12.6. The van der Waals surface area contributed by atoms with Crippen molar-refractivity contribution in [2.24, 2.45) is 0 Å². The molecule has 0 amide bonds. The van der Waals surface area contributed by atoms with Gasteiger partial charge in [0.1, 0.15) is 0 Å². The largest absolute Gasteiger partial charge is 0.462 e. The smallest absolute Gasteiger partial charge is 0.333 e. The molecule has 0 bridgehead atoms. The SMILES string of the molecule is C=C(C)C(=O)OCCCOCCC[Si](C)(O[Si](C)(C)C)O[Si](C)(C)C. The van der Waals surface area contributed by atoms with Crippen LogP contribution < -0.4 is 0 Å². The van der Waals surface area contributed by atoms with Gasteiger partial charge in [0, 0.05) is 25.2 Å². The van der Waals surface area contributed by atoms with Crippen LogP contribution in [0.2, 0.25) is 51.9 Å². The number of ether oxygens (including phenoxy) is 2. The Morgan fingerprint density at radius 1 is 0.840 bits per heavy atom. The number of hydrogen-bond donors (Lipinski definition) is 0. The minimum absolute atomic E-state index is 0.339. The summed E-state index contributed by atoms with van der Waals surface area (Å²) in [5.74, 6) is -0.339. The van der Waals surface area contributed by atoms with Crippen molar-refractivity contribution in [3.05, 3.63) is 12.2 Å². The summed E-state index contributed by atoms with van der Waals surface area (Å²) in [5.41, 5.74) is 0.426. The van der Waals surface area contributed by atoms with Crippen molar-refractivity contribution in [3.63, 3.8) is 0 Å². The minimum Gasteiger partial charge on any atom is -0.462 e. The average molecular weight is 407 g/mol. The fourth-order valence-corrected chi connectivity index (χ4v) is 15.0. The second kappa shape index (κ2) is 10.8. The van der Waals surface area contributed by atoms with E-state index >= 15 is 0 Å². The summed E-state index contributed by atoms with van der Waals surface area (Å²) >= 11 is 0. The number of esters is 1. The van der Waals surface area contributed by atoms with Crippen molar-refractivity contribution in [1.82, 2.24) is 0 Å². The van der Waals surface area contributed by atoms with E-state index in [9.17, 15) is 4.79 Å². The van der Waals surface area contributed by atoms with Crippen molar-refractivity contribution < 1.29 is 22.5 Å². The van der Waals surface area contributed by atoms with Gasteiger partial charge in [0.15, 0.2) is 16.6 Å². The van der Waals surface area contributed by atoms with Crippen LogP contribution in [0.4, 0.5) is 0 Å². The Morgan fingerprint density at radius 3 is 1.76 bits per heavy atom. The van der Waals surface area contributed by atoms with E-state index in [1.165, 1.54) is 0 Å². The Bertz CT molecular complexity index is 411. The van der Waals surface area contributed by atoms with E-state index in [0.29, 0.717) is 31.8 Å². The summed E-state index contributed by atoms with van der Waals surface area (Å²) in [6.45, 7) is 22.3. The van der Waals surface area contributed by atoms with Crippen molar-refractivity contribution >= 4 is 31.2 Å². The molecule has 148 valence electrons. The molecule has 0 fully saturated rings. The molecule has 0 heterocycles. The maximum absolute atomic E-state index is 11.2. The molecule has 0 unspecified atom stereocenters. The summed E-state index contributed by atoms with van der Waals surface area (Å²) in [7, 11) is -5.43. The summed E-state index contributed by atoms with van der Waals surface area (Å²) < 4.78 is 23.6. The van der Waals surface area contributed by atoms with Gasteiger partial charge in [-0.2, -0.15) is 0 Å². The predicted molar refractivity (Wildman–Crippen MR) is 111 cm³/mol. The van der Waals surface area contributed by atoms with Crippen molar-refractivity contribution in [2.45, 2.75) is 71.6 Å². The zero-order valence-corrected chi connectivity index (χ0v) is 20.5. The van der Waals surface area contributed by atoms with E-state index in [1.807, 2.05) is 0 Å². The second-order valence-corrected chi connectivity index (χ2v) is 21.4. The number of hydrogen-bond acceptors (Lipinski definition) is 5. The van der Waals surface area contributed by atoms with E-state index < -0.39 is 25.2 Å². The summed E-state index contributed by atoms with van der Waals surface area (Å²) in [6.07, 6.45) is 1.63. The molecule has 0 spiro atoms. The minimum atomic E-state index is -2.16. The van der Waals surface area contributed by atoms with E-state index in [0.717, 1.165) is 12.5 Å². The quantitative estimate of drug-likeness (QED) is 0.192. The molecule has 8 heteroatoms. The molecule has 0 aliphatic rings. The topological polar surface area (TPSA) is 54.0 Å². The van der Waals surface area contributed by atoms with Crippen LogP contribution in [0.1, 0.15) is 19.8 Å². The lowest BCUT2D eigenvalue weighted by Crippen LogP contribution is -2.52. The highest BCUT2D eigenvalue weighted by molar-refractivity contribution is 6.87. The molecule has 0 aromatic carbocycles. The average Bonchev–Trinajstić information content (AvgIpc) is 2.36. The molecule has 25 heavy (non-hydrogen) atoms. The third kappa shape index (κ3) is 14.6. The Labute approximate surface area is 157 Å². The maximum atomic E-state index is 11.2. The maximum Gasteiger partial charge on any atom is 0.333 e. The summed E-state index contributed by atoms with van der Waals surface area (Å²) in [4.78, 5) is 11.2. The lowest BCUT2D eigenvalue weighted by molar-refractivity contribution is -0.139. The van der Waals surface area contributed by atoms with Crippen LogP contribution in [0.3, 0.4) is 0 Å². The van der Waals surface area contributed by atoms with Gasteiger partial charge in [-0.1, -0.05) is 6.58 Å². The molecule has 0 saturated heterocycles. The summed E-state index contributed by atoms with van der Waals surface area (Å²) in [5, 5.41) is 0. The van der Waals surface area contributed by atoms with Crippen LogP contribution in [0.15, 0.2) is 12.2 Å². The van der Waals surface area contributed by atoms with Gasteiger partial charge < -0.3 is 17.7 Å². The van der Waals surface area contributed by atoms with E-state index in [4.69, 9.17) is 17.7 Å². The fourth-order valence-electron chi connectivity index (χ4n) is 2.46. The van der Waals surface area contributed by atoms with Gasteiger partial charge >= 0.3 is 14.5 Å². The molecule has 0 saturated carbocycles. The first-order chi connectivity index (χ1) is 11.2. The van der Waals surface area contributed by atoms with Gasteiger partial charge in [-0.3, -0.25) is 0 Å². The molecule has 5 nitrogen and oxygen atoms in total. The molecule has 0 aliphatic carbocycles. The molecule has 0 rings (SSSR count).